The normalized spacial score (nSPS) is 12.6. The Balaban J connectivity index is 1.87. The van der Waals surface area contributed by atoms with Gasteiger partial charge >= 0.3 is 5.97 Å². The van der Waals surface area contributed by atoms with Crippen molar-refractivity contribution in [3.63, 3.8) is 0 Å². The maximum atomic E-state index is 12.6. The van der Waals surface area contributed by atoms with Crippen LogP contribution in [0, 0.1) is 10.1 Å². The summed E-state index contributed by atoms with van der Waals surface area (Å²) in [6, 6.07) is 10.7. The van der Waals surface area contributed by atoms with Crippen molar-refractivity contribution in [2.45, 2.75) is 17.4 Å². The highest BCUT2D eigenvalue weighted by molar-refractivity contribution is 7.89. The summed E-state index contributed by atoms with van der Waals surface area (Å²) in [4.78, 5) is 25.2. The third-order valence-electron chi connectivity index (χ3n) is 4.24. The molecule has 0 radical (unpaired) electrons. The summed E-state index contributed by atoms with van der Waals surface area (Å²) in [6.07, 6.45) is 1.78. The highest BCUT2D eigenvalue weighted by Crippen LogP contribution is 2.21. The Bertz CT molecular complexity index is 1120. The number of para-hydroxylation sites is 1. The van der Waals surface area contributed by atoms with E-state index in [2.05, 4.69) is 9.71 Å². The van der Waals surface area contributed by atoms with E-state index in [1.807, 2.05) is 24.3 Å². The molecular weight excluding hydrogens is 386 g/mol. The lowest BCUT2D eigenvalue weighted by Crippen LogP contribution is -2.42. The fourth-order valence-corrected chi connectivity index (χ4v) is 4.02. The number of aromatic amines is 1. The van der Waals surface area contributed by atoms with Crippen molar-refractivity contribution in [2.24, 2.45) is 0 Å². The SMILES string of the molecule is COC(=O)[C@@H](Cc1c[nH]c2ccccc12)NS(=O)(=O)c1ccc([N+](=O)[O-])cc1. The zero-order chi connectivity index (χ0) is 20.3. The Hall–Kier alpha value is -3.24. The topological polar surface area (TPSA) is 131 Å². The molecule has 0 fully saturated rings. The van der Waals surface area contributed by atoms with E-state index in [0.717, 1.165) is 40.7 Å². The molecule has 0 aliphatic rings. The van der Waals surface area contributed by atoms with Gasteiger partial charge in [-0.15, -0.1) is 0 Å². The van der Waals surface area contributed by atoms with Crippen LogP contribution in [0.1, 0.15) is 5.56 Å². The molecule has 0 amide bonds. The number of sulfonamides is 1. The fourth-order valence-electron chi connectivity index (χ4n) is 2.84. The van der Waals surface area contributed by atoms with Crippen molar-refractivity contribution in [1.29, 1.82) is 0 Å². The van der Waals surface area contributed by atoms with E-state index >= 15 is 0 Å². The first kappa shape index (κ1) is 19.5. The van der Waals surface area contributed by atoms with Crippen LogP contribution < -0.4 is 4.72 Å². The van der Waals surface area contributed by atoms with Gasteiger partial charge in [-0.25, -0.2) is 8.42 Å². The van der Waals surface area contributed by atoms with Gasteiger partial charge < -0.3 is 9.72 Å². The summed E-state index contributed by atoms with van der Waals surface area (Å²) >= 11 is 0. The van der Waals surface area contributed by atoms with E-state index in [-0.39, 0.29) is 17.0 Å². The Morgan fingerprint density at radius 3 is 2.54 bits per heavy atom. The number of esters is 1. The van der Waals surface area contributed by atoms with Crippen molar-refractivity contribution in [2.75, 3.05) is 7.11 Å². The van der Waals surface area contributed by atoms with Crippen molar-refractivity contribution >= 4 is 32.6 Å². The van der Waals surface area contributed by atoms with E-state index in [0.29, 0.717) is 0 Å². The Morgan fingerprint density at radius 1 is 1.21 bits per heavy atom. The Labute approximate surface area is 160 Å². The molecule has 1 aromatic heterocycles. The lowest BCUT2D eigenvalue weighted by Gasteiger charge is -2.16. The highest BCUT2D eigenvalue weighted by atomic mass is 32.2. The Kier molecular flexibility index (Phi) is 5.43. The second kappa shape index (κ2) is 7.79. The summed E-state index contributed by atoms with van der Waals surface area (Å²) in [5.74, 6) is -0.740. The van der Waals surface area contributed by atoms with Crippen molar-refractivity contribution in [1.82, 2.24) is 9.71 Å². The van der Waals surface area contributed by atoms with Gasteiger partial charge in [-0.05, 0) is 23.8 Å². The maximum absolute atomic E-state index is 12.6. The molecule has 0 saturated heterocycles. The van der Waals surface area contributed by atoms with E-state index in [9.17, 15) is 23.3 Å². The van der Waals surface area contributed by atoms with Crippen molar-refractivity contribution in [3.05, 3.63) is 70.4 Å². The summed E-state index contributed by atoms with van der Waals surface area (Å²) in [5.41, 5.74) is 1.37. The molecule has 0 aliphatic carbocycles. The molecule has 1 heterocycles. The number of H-pyrrole nitrogens is 1. The number of nitrogens with zero attached hydrogens (tertiary/aromatic N) is 1. The van der Waals surface area contributed by atoms with Crippen LogP contribution in [0.2, 0.25) is 0 Å². The molecule has 9 nitrogen and oxygen atoms in total. The molecule has 0 saturated carbocycles. The molecule has 28 heavy (non-hydrogen) atoms. The lowest BCUT2D eigenvalue weighted by molar-refractivity contribution is -0.384. The van der Waals surface area contributed by atoms with Gasteiger partial charge in [0.05, 0.1) is 16.9 Å². The number of nitro benzene ring substituents is 1. The number of hydrogen-bond donors (Lipinski definition) is 2. The summed E-state index contributed by atoms with van der Waals surface area (Å²) < 4.78 is 32.3. The van der Waals surface area contributed by atoms with Gasteiger partial charge in [0.25, 0.3) is 5.69 Å². The summed E-state index contributed by atoms with van der Waals surface area (Å²) in [6.45, 7) is 0. The van der Waals surface area contributed by atoms with Crippen LogP contribution in [0.15, 0.2) is 59.6 Å². The molecule has 0 spiro atoms. The molecule has 0 unspecified atom stereocenters. The number of non-ortho nitro benzene ring substituents is 1. The van der Waals surface area contributed by atoms with E-state index in [1.165, 1.54) is 7.11 Å². The number of carbonyl (C=O) groups excluding carboxylic acids is 1. The average molecular weight is 403 g/mol. The first-order valence-corrected chi connectivity index (χ1v) is 9.70. The second-order valence-electron chi connectivity index (χ2n) is 6.01. The molecule has 0 aliphatic heterocycles. The van der Waals surface area contributed by atoms with Crippen LogP contribution in [0.3, 0.4) is 0 Å². The van der Waals surface area contributed by atoms with Crippen LogP contribution in [0.5, 0.6) is 0 Å². The number of aromatic nitrogens is 1. The predicted octanol–water partition coefficient (Wildman–Crippen LogP) is 2.14. The molecule has 10 heteroatoms. The standard InChI is InChI=1S/C18H17N3O6S/c1-27-18(22)17(10-12-11-19-16-5-3-2-4-15(12)16)20-28(25,26)14-8-6-13(7-9-14)21(23)24/h2-9,11,17,19-20H,10H2,1H3/t17-/m1/s1. The van der Waals surface area contributed by atoms with Gasteiger partial charge in [0.1, 0.15) is 6.04 Å². The lowest BCUT2D eigenvalue weighted by atomic mass is 10.1. The van der Waals surface area contributed by atoms with Gasteiger partial charge in [-0.1, -0.05) is 18.2 Å². The number of hydrogen-bond acceptors (Lipinski definition) is 6. The van der Waals surface area contributed by atoms with Crippen molar-refractivity contribution in [3.8, 4) is 0 Å². The van der Waals surface area contributed by atoms with E-state index in [4.69, 9.17) is 4.74 Å². The molecule has 3 aromatic rings. The number of fused-ring (bicyclic) bond motifs is 1. The molecule has 2 N–H and O–H groups in total. The minimum absolute atomic E-state index is 0.0723. The first-order valence-electron chi connectivity index (χ1n) is 8.21. The number of nitrogens with one attached hydrogen (secondary N) is 2. The first-order chi connectivity index (χ1) is 13.3. The van der Waals surface area contributed by atoms with Gasteiger partial charge in [-0.2, -0.15) is 4.72 Å². The zero-order valence-electron chi connectivity index (χ0n) is 14.8. The molecule has 2 aromatic carbocycles. The van der Waals surface area contributed by atoms with Crippen LogP contribution in [-0.2, 0) is 26.0 Å². The quantitative estimate of drug-likeness (QED) is 0.353. The van der Waals surface area contributed by atoms with Crippen LogP contribution in [0.25, 0.3) is 10.9 Å². The fraction of sp³-hybridized carbons (Fsp3) is 0.167. The smallest absolute Gasteiger partial charge is 0.324 e. The molecule has 1 atom stereocenters. The number of carbonyl (C=O) groups is 1. The third-order valence-corrected chi connectivity index (χ3v) is 5.73. The van der Waals surface area contributed by atoms with E-state index in [1.54, 1.807) is 6.20 Å². The average Bonchev–Trinajstić information content (AvgIpc) is 3.09. The van der Waals surface area contributed by atoms with Gasteiger partial charge in [0.2, 0.25) is 10.0 Å². The maximum Gasteiger partial charge on any atom is 0.324 e. The summed E-state index contributed by atoms with van der Waals surface area (Å²) in [7, 11) is -2.93. The number of benzene rings is 2. The van der Waals surface area contributed by atoms with Gasteiger partial charge in [0, 0.05) is 35.7 Å². The molecule has 0 bridgehead atoms. The van der Waals surface area contributed by atoms with Crippen LogP contribution in [-0.4, -0.2) is 37.4 Å². The molecular formula is C18H17N3O6S. The number of ether oxygens (including phenoxy) is 1. The van der Waals surface area contributed by atoms with Crippen LogP contribution in [0.4, 0.5) is 5.69 Å². The van der Waals surface area contributed by atoms with Gasteiger partial charge in [0.15, 0.2) is 0 Å². The number of methoxy groups -OCH3 is 1. The molecule has 3 rings (SSSR count). The molecule has 146 valence electrons. The second-order valence-corrected chi connectivity index (χ2v) is 7.73. The zero-order valence-corrected chi connectivity index (χ0v) is 15.6. The minimum atomic E-state index is -4.10. The number of rotatable bonds is 7. The highest BCUT2D eigenvalue weighted by Gasteiger charge is 2.28. The van der Waals surface area contributed by atoms with Gasteiger partial charge in [-0.3, -0.25) is 14.9 Å². The largest absolute Gasteiger partial charge is 0.468 e. The van der Waals surface area contributed by atoms with E-state index < -0.39 is 27.0 Å². The van der Waals surface area contributed by atoms with Crippen molar-refractivity contribution < 1.29 is 22.9 Å². The number of nitro groups is 1. The van der Waals surface area contributed by atoms with Crippen LogP contribution >= 0.6 is 0 Å². The minimum Gasteiger partial charge on any atom is -0.468 e. The monoisotopic (exact) mass is 403 g/mol. The predicted molar refractivity (Wildman–Crippen MR) is 101 cm³/mol. The summed E-state index contributed by atoms with van der Waals surface area (Å²) in [5, 5.41) is 11.6. The Morgan fingerprint density at radius 2 is 1.89 bits per heavy atom. The third kappa shape index (κ3) is 4.02.